The Hall–Kier alpha value is -1.06. The third-order valence-corrected chi connectivity index (χ3v) is 3.81. The molecule has 1 aromatic carbocycles. The minimum atomic E-state index is 0.107. The van der Waals surface area contributed by atoms with Crippen LogP contribution < -0.4 is 4.90 Å². The van der Waals surface area contributed by atoms with Gasteiger partial charge in [-0.25, -0.2) is 0 Å². The van der Waals surface area contributed by atoms with Crippen LogP contribution in [0.25, 0.3) is 0 Å². The zero-order chi connectivity index (χ0) is 11.7. The van der Waals surface area contributed by atoms with Crippen LogP contribution in [0.1, 0.15) is 18.4 Å². The van der Waals surface area contributed by atoms with E-state index in [1.54, 1.807) is 0 Å². The third kappa shape index (κ3) is 2.31. The predicted octanol–water partition coefficient (Wildman–Crippen LogP) is 1.26. The van der Waals surface area contributed by atoms with Gasteiger partial charge in [-0.2, -0.15) is 0 Å². The van der Waals surface area contributed by atoms with Crippen LogP contribution in [0.3, 0.4) is 0 Å². The second kappa shape index (κ2) is 4.67. The highest BCUT2D eigenvalue weighted by Gasteiger charge is 2.31. The Bertz CT molecular complexity index is 382. The summed E-state index contributed by atoms with van der Waals surface area (Å²) < 4.78 is 0. The topological polar surface area (TPSA) is 26.7 Å². The smallest absolute Gasteiger partial charge is 0.0702 e. The number of benzene rings is 1. The first-order chi connectivity index (χ1) is 8.38. The average Bonchev–Trinajstić information content (AvgIpc) is 3.23. The highest BCUT2D eigenvalue weighted by atomic mass is 16.3. The Morgan fingerprint density at radius 2 is 2.00 bits per heavy atom. The van der Waals surface area contributed by atoms with Gasteiger partial charge in [-0.05, 0) is 31.0 Å². The Morgan fingerprint density at radius 1 is 1.24 bits per heavy atom. The summed E-state index contributed by atoms with van der Waals surface area (Å²) in [6, 6.07) is 9.80. The van der Waals surface area contributed by atoms with E-state index in [0.717, 1.165) is 37.8 Å². The van der Waals surface area contributed by atoms with Gasteiger partial charge < -0.3 is 10.0 Å². The molecule has 17 heavy (non-hydrogen) atoms. The summed E-state index contributed by atoms with van der Waals surface area (Å²) in [6.07, 6.45) is 2.78. The van der Waals surface area contributed by atoms with Crippen molar-refractivity contribution in [2.45, 2.75) is 25.5 Å². The van der Waals surface area contributed by atoms with Gasteiger partial charge in [0, 0.05) is 43.5 Å². The number of aliphatic hydroxyl groups is 1. The number of nitrogens with zero attached hydrogens (tertiary/aromatic N) is 2. The van der Waals surface area contributed by atoms with Gasteiger partial charge in [0.2, 0.25) is 0 Å². The Balaban J connectivity index is 1.68. The molecule has 3 nitrogen and oxygen atoms in total. The van der Waals surface area contributed by atoms with Crippen LogP contribution in [0.4, 0.5) is 5.69 Å². The number of hydrogen-bond donors (Lipinski definition) is 1. The quantitative estimate of drug-likeness (QED) is 0.848. The molecule has 2 fully saturated rings. The summed E-state index contributed by atoms with van der Waals surface area (Å²) in [6.45, 7) is 4.58. The molecule has 0 amide bonds. The van der Waals surface area contributed by atoms with Crippen molar-refractivity contribution in [3.63, 3.8) is 0 Å². The number of rotatable bonds is 3. The van der Waals surface area contributed by atoms with Crippen molar-refractivity contribution >= 4 is 5.69 Å². The number of aliphatic hydroxyl groups excluding tert-OH is 1. The van der Waals surface area contributed by atoms with Crippen LogP contribution in [0.15, 0.2) is 18.2 Å². The largest absolute Gasteiger partial charge is 0.392 e. The number of anilines is 1. The lowest BCUT2D eigenvalue weighted by Gasteiger charge is -2.37. The molecule has 0 bridgehead atoms. The molecule has 0 unspecified atom stereocenters. The molecule has 2 aliphatic rings. The molecule has 1 saturated carbocycles. The van der Waals surface area contributed by atoms with Crippen molar-refractivity contribution in [2.75, 3.05) is 31.1 Å². The number of piperazine rings is 1. The van der Waals surface area contributed by atoms with Crippen molar-refractivity contribution in [1.29, 1.82) is 0 Å². The first-order valence-corrected chi connectivity index (χ1v) is 6.47. The molecule has 0 atom stereocenters. The Kier molecular flexibility index (Phi) is 3.04. The molecule has 1 N–H and O–H groups in total. The van der Waals surface area contributed by atoms with Crippen LogP contribution in [-0.4, -0.2) is 42.2 Å². The van der Waals surface area contributed by atoms with Gasteiger partial charge in [-0.3, -0.25) is 4.90 Å². The summed E-state index contributed by atoms with van der Waals surface area (Å²) in [4.78, 5) is 4.99. The molecule has 1 radical (unpaired) electrons. The normalized spacial score (nSPS) is 21.8. The van der Waals surface area contributed by atoms with E-state index < -0.39 is 0 Å². The fourth-order valence-electron chi connectivity index (χ4n) is 2.66. The maximum absolute atomic E-state index is 9.34. The van der Waals surface area contributed by atoms with E-state index in [2.05, 4.69) is 21.9 Å². The Morgan fingerprint density at radius 3 is 2.65 bits per heavy atom. The third-order valence-electron chi connectivity index (χ3n) is 3.81. The lowest BCUT2D eigenvalue weighted by atomic mass is 10.1. The molecule has 1 aromatic rings. The van der Waals surface area contributed by atoms with Crippen LogP contribution in [0.5, 0.6) is 0 Å². The van der Waals surface area contributed by atoms with Crippen molar-refractivity contribution in [2.24, 2.45) is 0 Å². The zero-order valence-electron chi connectivity index (χ0n) is 10.1. The average molecular weight is 231 g/mol. The van der Waals surface area contributed by atoms with Crippen LogP contribution >= 0.6 is 0 Å². The van der Waals surface area contributed by atoms with E-state index in [9.17, 15) is 5.11 Å². The molecule has 3 heteroatoms. The van der Waals surface area contributed by atoms with E-state index >= 15 is 0 Å². The lowest BCUT2D eigenvalue weighted by Crippen LogP contribution is -2.47. The van der Waals surface area contributed by atoms with Crippen LogP contribution in [0.2, 0.25) is 0 Å². The molecule has 3 rings (SSSR count). The van der Waals surface area contributed by atoms with Crippen molar-refractivity contribution in [3.05, 3.63) is 29.8 Å². The minimum absolute atomic E-state index is 0.107. The monoisotopic (exact) mass is 231 g/mol. The van der Waals surface area contributed by atoms with Crippen molar-refractivity contribution in [1.82, 2.24) is 4.90 Å². The summed E-state index contributed by atoms with van der Waals surface area (Å²) in [7, 11) is 0. The van der Waals surface area contributed by atoms with Gasteiger partial charge in [0.05, 0.1) is 6.61 Å². The van der Waals surface area contributed by atoms with E-state index in [1.165, 1.54) is 18.5 Å². The fourth-order valence-corrected chi connectivity index (χ4v) is 2.66. The van der Waals surface area contributed by atoms with Gasteiger partial charge in [0.15, 0.2) is 0 Å². The highest BCUT2D eigenvalue weighted by molar-refractivity contribution is 5.53. The highest BCUT2D eigenvalue weighted by Crippen LogP contribution is 2.29. The minimum Gasteiger partial charge on any atom is -0.392 e. The molecule has 0 spiro atoms. The maximum atomic E-state index is 9.34. The van der Waals surface area contributed by atoms with E-state index in [4.69, 9.17) is 0 Å². The fraction of sp³-hybridized carbons (Fsp3) is 0.571. The summed E-state index contributed by atoms with van der Waals surface area (Å²) in [5.41, 5.74) is 2.18. The number of hydrogen-bond acceptors (Lipinski definition) is 3. The summed E-state index contributed by atoms with van der Waals surface area (Å²) >= 11 is 0. The van der Waals surface area contributed by atoms with Crippen LogP contribution in [-0.2, 0) is 6.61 Å². The van der Waals surface area contributed by atoms with Gasteiger partial charge in [0.1, 0.15) is 0 Å². The molecular formula is C14H19N2O. The Labute approximate surface area is 103 Å². The van der Waals surface area contributed by atoms with Gasteiger partial charge in [-0.15, -0.1) is 0 Å². The van der Waals surface area contributed by atoms with Gasteiger partial charge in [0.25, 0.3) is 0 Å². The summed E-state index contributed by atoms with van der Waals surface area (Å²) in [5.74, 6) is 0. The first kappa shape index (κ1) is 11.1. The second-order valence-corrected chi connectivity index (χ2v) is 4.97. The maximum Gasteiger partial charge on any atom is 0.0702 e. The van der Waals surface area contributed by atoms with Crippen molar-refractivity contribution < 1.29 is 5.11 Å². The molecular weight excluding hydrogens is 212 g/mol. The predicted molar refractivity (Wildman–Crippen MR) is 68.0 cm³/mol. The van der Waals surface area contributed by atoms with E-state index in [1.807, 2.05) is 12.1 Å². The molecule has 1 aliphatic heterocycles. The van der Waals surface area contributed by atoms with Gasteiger partial charge in [-0.1, -0.05) is 6.07 Å². The van der Waals surface area contributed by atoms with Crippen LogP contribution in [0, 0.1) is 6.07 Å². The molecule has 0 aromatic heterocycles. The lowest BCUT2D eigenvalue weighted by molar-refractivity contribution is 0.246. The zero-order valence-corrected chi connectivity index (χ0v) is 10.1. The van der Waals surface area contributed by atoms with Gasteiger partial charge >= 0.3 is 0 Å². The van der Waals surface area contributed by atoms with Crippen molar-refractivity contribution in [3.8, 4) is 0 Å². The molecule has 1 saturated heterocycles. The van der Waals surface area contributed by atoms with E-state index in [-0.39, 0.29) is 6.61 Å². The second-order valence-electron chi connectivity index (χ2n) is 4.97. The summed E-state index contributed by atoms with van der Waals surface area (Å²) in [5, 5.41) is 9.34. The molecule has 1 aliphatic carbocycles. The van der Waals surface area contributed by atoms with E-state index in [0.29, 0.717) is 0 Å². The first-order valence-electron chi connectivity index (χ1n) is 6.47. The molecule has 1 heterocycles. The SMILES string of the molecule is OCc1c[c]ccc1N1CCN(C2CC2)CC1. The standard InChI is InChI=1S/C14H19N2O/c17-11-12-3-1-2-4-14(12)16-9-7-15(8-10-16)13-5-6-13/h2-4,13,17H,5-11H2. The molecule has 91 valence electrons.